The molecule has 17 heteroatoms. The highest BCUT2D eigenvalue weighted by molar-refractivity contribution is 5.80. The largest absolute Gasteiger partial charge is 0.490 e. The fourth-order valence-corrected chi connectivity index (χ4v) is 4.10. The predicted molar refractivity (Wildman–Crippen MR) is 117 cm³/mol. The Balaban J connectivity index is 0.000000301. The van der Waals surface area contributed by atoms with Crippen molar-refractivity contribution in [3.63, 3.8) is 0 Å². The zero-order valence-corrected chi connectivity index (χ0v) is 20.1. The lowest BCUT2D eigenvalue weighted by atomic mass is 9.91. The molecule has 3 aliphatic heterocycles. The van der Waals surface area contributed by atoms with Crippen molar-refractivity contribution >= 4 is 23.7 Å². The van der Waals surface area contributed by atoms with E-state index in [1.54, 1.807) is 12.5 Å². The van der Waals surface area contributed by atoms with E-state index in [0.717, 1.165) is 44.8 Å². The second kappa shape index (κ2) is 13.0. The molecule has 0 radical (unpaired) electrons. The van der Waals surface area contributed by atoms with Gasteiger partial charge in [-0.25, -0.2) is 19.6 Å². The number of aromatic nitrogens is 2. The number of carboxylic acid groups (broad SMARTS) is 2. The normalized spacial score (nSPS) is 23.9. The van der Waals surface area contributed by atoms with Crippen molar-refractivity contribution in [2.24, 2.45) is 11.8 Å². The Morgan fingerprint density at radius 2 is 1.58 bits per heavy atom. The first-order valence-electron chi connectivity index (χ1n) is 11.3. The molecule has 3 aliphatic rings. The zero-order valence-electron chi connectivity index (χ0n) is 20.1. The predicted octanol–water partition coefficient (Wildman–Crippen LogP) is 1.40. The van der Waals surface area contributed by atoms with Crippen LogP contribution in [-0.4, -0.2) is 107 Å². The molecule has 1 aromatic heterocycles. The van der Waals surface area contributed by atoms with E-state index >= 15 is 0 Å². The molecule has 0 aliphatic carbocycles. The number of carbonyl (C=O) groups is 3. The minimum Gasteiger partial charge on any atom is -0.475 e. The highest BCUT2D eigenvalue weighted by Gasteiger charge is 2.47. The van der Waals surface area contributed by atoms with Crippen LogP contribution in [0, 0.1) is 11.8 Å². The Hall–Kier alpha value is -3.21. The Morgan fingerprint density at radius 1 is 1.03 bits per heavy atom. The number of anilines is 1. The molecular formula is C21H27F6N5O6. The fourth-order valence-electron chi connectivity index (χ4n) is 4.10. The molecule has 4 heterocycles. The number of amides is 1. The van der Waals surface area contributed by atoms with Crippen LogP contribution in [-0.2, 0) is 19.1 Å². The van der Waals surface area contributed by atoms with Crippen molar-refractivity contribution in [1.82, 2.24) is 20.2 Å². The summed E-state index contributed by atoms with van der Waals surface area (Å²) in [4.78, 5) is 43.3. The molecule has 0 aromatic carbocycles. The summed E-state index contributed by atoms with van der Waals surface area (Å²) in [6, 6.07) is 2.22. The SMILES string of the molecule is CN1CCC(NC(=O)[C@H]2CO[C@@H]3CN(c4ccncn4)C[C@H]23)CC1.O=C(O)C(F)(F)F.O=C(O)C(F)(F)F. The molecule has 3 atom stereocenters. The Kier molecular flexibility index (Phi) is 10.6. The smallest absolute Gasteiger partial charge is 0.475 e. The van der Waals surface area contributed by atoms with Crippen LogP contribution in [0.3, 0.4) is 0 Å². The van der Waals surface area contributed by atoms with Gasteiger partial charge in [0.1, 0.15) is 12.1 Å². The molecule has 0 bridgehead atoms. The fraction of sp³-hybridized carbons (Fsp3) is 0.667. The zero-order chi connectivity index (χ0) is 28.7. The summed E-state index contributed by atoms with van der Waals surface area (Å²) in [5, 5.41) is 17.5. The van der Waals surface area contributed by atoms with Crippen molar-refractivity contribution in [2.45, 2.75) is 37.3 Å². The first-order chi connectivity index (χ1) is 17.6. The maximum atomic E-state index is 12.7. The lowest BCUT2D eigenvalue weighted by Gasteiger charge is -2.30. The second-order valence-corrected chi connectivity index (χ2v) is 8.81. The number of carboxylic acids is 2. The van der Waals surface area contributed by atoms with Gasteiger partial charge in [0.2, 0.25) is 5.91 Å². The standard InChI is InChI=1S/C17H25N5O2.2C2HF3O2/c1-21-6-3-12(4-7-21)20-17(23)14-10-24-15-9-22(8-13(14)15)16-2-5-18-11-19-16;2*3-2(4,5)1(6)7/h2,5,11-15H,3-4,6-10H2,1H3,(H,20,23);2*(H,6,7)/t13-,14+,15-;;/m1../s1. The van der Waals surface area contributed by atoms with Crippen molar-refractivity contribution in [3.8, 4) is 0 Å². The third-order valence-corrected chi connectivity index (χ3v) is 6.09. The van der Waals surface area contributed by atoms with E-state index in [0.29, 0.717) is 12.6 Å². The molecule has 3 fully saturated rings. The van der Waals surface area contributed by atoms with E-state index in [1.165, 1.54) is 0 Å². The van der Waals surface area contributed by atoms with Crippen LogP contribution in [0.25, 0.3) is 0 Å². The summed E-state index contributed by atoms with van der Waals surface area (Å²) in [6.07, 6.45) is -4.64. The van der Waals surface area contributed by atoms with Gasteiger partial charge in [0.25, 0.3) is 0 Å². The van der Waals surface area contributed by atoms with Gasteiger partial charge in [0.15, 0.2) is 0 Å². The molecule has 3 N–H and O–H groups in total. The van der Waals surface area contributed by atoms with E-state index < -0.39 is 24.3 Å². The van der Waals surface area contributed by atoms with E-state index in [9.17, 15) is 31.1 Å². The van der Waals surface area contributed by atoms with Crippen molar-refractivity contribution in [3.05, 3.63) is 18.6 Å². The molecule has 38 heavy (non-hydrogen) atoms. The maximum Gasteiger partial charge on any atom is 0.490 e. The number of likely N-dealkylation sites (tertiary alicyclic amines) is 1. The summed E-state index contributed by atoms with van der Waals surface area (Å²) < 4.78 is 69.4. The highest BCUT2D eigenvalue weighted by Crippen LogP contribution is 2.35. The Labute approximate surface area is 212 Å². The molecule has 1 amide bonds. The van der Waals surface area contributed by atoms with Gasteiger partial charge in [-0.15, -0.1) is 0 Å². The lowest BCUT2D eigenvalue weighted by molar-refractivity contribution is -0.193. The van der Waals surface area contributed by atoms with E-state index in [2.05, 4.69) is 32.1 Å². The molecular weight excluding hydrogens is 532 g/mol. The molecule has 0 saturated carbocycles. The third-order valence-electron chi connectivity index (χ3n) is 6.09. The van der Waals surface area contributed by atoms with Gasteiger partial charge in [-0.1, -0.05) is 0 Å². The van der Waals surface area contributed by atoms with Gasteiger partial charge in [-0.3, -0.25) is 4.79 Å². The van der Waals surface area contributed by atoms with Gasteiger partial charge in [-0.05, 0) is 39.0 Å². The lowest BCUT2D eigenvalue weighted by Crippen LogP contribution is -2.46. The quantitative estimate of drug-likeness (QED) is 0.465. The number of fused-ring (bicyclic) bond motifs is 1. The highest BCUT2D eigenvalue weighted by atomic mass is 19.4. The minimum atomic E-state index is -5.08. The van der Waals surface area contributed by atoms with E-state index in [4.69, 9.17) is 24.5 Å². The summed E-state index contributed by atoms with van der Waals surface area (Å²) in [6.45, 7) is 4.29. The number of rotatable bonds is 3. The van der Waals surface area contributed by atoms with Crippen LogP contribution < -0.4 is 10.2 Å². The van der Waals surface area contributed by atoms with E-state index in [1.807, 2.05) is 6.07 Å². The van der Waals surface area contributed by atoms with Gasteiger partial charge < -0.3 is 30.1 Å². The van der Waals surface area contributed by atoms with Crippen molar-refractivity contribution in [1.29, 1.82) is 0 Å². The number of aliphatic carboxylic acids is 2. The Morgan fingerprint density at radius 3 is 2.05 bits per heavy atom. The first kappa shape index (κ1) is 31.0. The number of alkyl halides is 6. The number of halogens is 6. The monoisotopic (exact) mass is 559 g/mol. The molecule has 214 valence electrons. The molecule has 4 rings (SSSR count). The van der Waals surface area contributed by atoms with E-state index in [-0.39, 0.29) is 23.8 Å². The van der Waals surface area contributed by atoms with Crippen LogP contribution >= 0.6 is 0 Å². The van der Waals surface area contributed by atoms with Gasteiger partial charge >= 0.3 is 24.3 Å². The molecule has 3 saturated heterocycles. The topological polar surface area (TPSA) is 145 Å². The van der Waals surface area contributed by atoms with Crippen molar-refractivity contribution < 1.29 is 55.7 Å². The summed E-state index contributed by atoms with van der Waals surface area (Å²) in [5.41, 5.74) is 0. The average Bonchev–Trinajstić information content (AvgIpc) is 3.42. The minimum absolute atomic E-state index is 0.0403. The van der Waals surface area contributed by atoms with Crippen LogP contribution in [0.5, 0.6) is 0 Å². The third kappa shape index (κ3) is 9.27. The number of hydrogen-bond donors (Lipinski definition) is 3. The van der Waals surface area contributed by atoms with Crippen LogP contribution in [0.1, 0.15) is 12.8 Å². The van der Waals surface area contributed by atoms with Crippen LogP contribution in [0.15, 0.2) is 18.6 Å². The number of ether oxygens (including phenoxy) is 1. The second-order valence-electron chi connectivity index (χ2n) is 8.81. The molecule has 0 spiro atoms. The summed E-state index contributed by atoms with van der Waals surface area (Å²) in [7, 11) is 2.13. The summed E-state index contributed by atoms with van der Waals surface area (Å²) in [5.74, 6) is -4.22. The Bertz CT molecular complexity index is 919. The number of hydrogen-bond acceptors (Lipinski definition) is 8. The average molecular weight is 559 g/mol. The first-order valence-corrected chi connectivity index (χ1v) is 11.3. The molecule has 11 nitrogen and oxygen atoms in total. The van der Waals surface area contributed by atoms with Gasteiger partial charge in [0, 0.05) is 31.2 Å². The maximum absolute atomic E-state index is 12.7. The van der Waals surface area contributed by atoms with Crippen molar-refractivity contribution in [2.75, 3.05) is 44.7 Å². The number of nitrogens with one attached hydrogen (secondary N) is 1. The van der Waals surface area contributed by atoms with Gasteiger partial charge in [0.05, 0.1) is 18.6 Å². The van der Waals surface area contributed by atoms with Crippen LogP contribution in [0.2, 0.25) is 0 Å². The number of piperidine rings is 1. The molecule has 0 unspecified atom stereocenters. The van der Waals surface area contributed by atoms with Gasteiger partial charge in [-0.2, -0.15) is 26.3 Å². The number of nitrogens with zero attached hydrogens (tertiary/aromatic N) is 4. The van der Waals surface area contributed by atoms with Crippen LogP contribution in [0.4, 0.5) is 32.2 Å². The summed E-state index contributed by atoms with van der Waals surface area (Å²) >= 11 is 0. The number of carbonyl (C=O) groups excluding carboxylic acids is 1. The molecule has 1 aromatic rings.